The number of benzene rings is 1. The van der Waals surface area contributed by atoms with Gasteiger partial charge in [0.25, 0.3) is 0 Å². The second kappa shape index (κ2) is 7.13. The fourth-order valence-electron chi connectivity index (χ4n) is 1.64. The molecular weight excluding hydrogens is 353 g/mol. The first-order valence-corrected chi connectivity index (χ1v) is 6.99. The molecule has 0 saturated heterocycles. The summed E-state index contributed by atoms with van der Waals surface area (Å²) < 4.78 is 40.3. The van der Waals surface area contributed by atoms with Crippen LogP contribution >= 0.6 is 15.9 Å². The van der Waals surface area contributed by atoms with Crippen molar-refractivity contribution in [1.29, 1.82) is 0 Å². The lowest BCUT2D eigenvalue weighted by molar-refractivity contribution is -0.274. The Morgan fingerprint density at radius 2 is 2.05 bits per heavy atom. The Morgan fingerprint density at radius 1 is 1.43 bits per heavy atom. The summed E-state index contributed by atoms with van der Waals surface area (Å²) in [5, 5.41) is 2.55. The van der Waals surface area contributed by atoms with Gasteiger partial charge in [0.2, 0.25) is 5.91 Å². The molecule has 1 aromatic carbocycles. The van der Waals surface area contributed by atoms with Gasteiger partial charge in [-0.3, -0.25) is 4.79 Å². The van der Waals surface area contributed by atoms with Crippen molar-refractivity contribution in [2.45, 2.75) is 32.7 Å². The van der Waals surface area contributed by atoms with E-state index < -0.39 is 12.4 Å². The van der Waals surface area contributed by atoms with E-state index in [1.54, 1.807) is 0 Å². The SMILES string of the molecule is CC(C)CC(N)C(=O)Nc1ccc(OC(F)(F)F)c(Br)c1. The molecule has 4 nitrogen and oxygen atoms in total. The van der Waals surface area contributed by atoms with Crippen LogP contribution in [0, 0.1) is 5.92 Å². The molecule has 1 unspecified atom stereocenters. The van der Waals surface area contributed by atoms with Gasteiger partial charge in [0.15, 0.2) is 0 Å². The van der Waals surface area contributed by atoms with E-state index in [-0.39, 0.29) is 22.0 Å². The van der Waals surface area contributed by atoms with Gasteiger partial charge in [0.05, 0.1) is 10.5 Å². The molecule has 0 heterocycles. The number of hydrogen-bond acceptors (Lipinski definition) is 3. The van der Waals surface area contributed by atoms with Crippen LogP contribution in [0.3, 0.4) is 0 Å². The van der Waals surface area contributed by atoms with Crippen molar-refractivity contribution >= 4 is 27.5 Å². The maximum Gasteiger partial charge on any atom is 0.573 e. The van der Waals surface area contributed by atoms with Crippen LogP contribution < -0.4 is 15.8 Å². The van der Waals surface area contributed by atoms with Crippen LogP contribution in [0.4, 0.5) is 18.9 Å². The molecule has 0 aliphatic rings. The molecular formula is C13H16BrF3N2O2. The Hall–Kier alpha value is -1.28. The topological polar surface area (TPSA) is 64.4 Å². The Labute approximate surface area is 129 Å². The first-order valence-electron chi connectivity index (χ1n) is 6.20. The second-order valence-electron chi connectivity index (χ2n) is 4.92. The van der Waals surface area contributed by atoms with Crippen LogP contribution in [0.5, 0.6) is 5.75 Å². The summed E-state index contributed by atoms with van der Waals surface area (Å²) >= 11 is 2.96. The number of carbonyl (C=O) groups excluding carboxylic acids is 1. The minimum Gasteiger partial charge on any atom is -0.405 e. The van der Waals surface area contributed by atoms with Gasteiger partial charge in [-0.1, -0.05) is 13.8 Å². The average molecular weight is 369 g/mol. The summed E-state index contributed by atoms with van der Waals surface area (Å²) in [6, 6.07) is 3.07. The Balaban J connectivity index is 2.74. The quantitative estimate of drug-likeness (QED) is 0.833. The van der Waals surface area contributed by atoms with Crippen LogP contribution in [-0.4, -0.2) is 18.3 Å². The number of anilines is 1. The number of rotatable bonds is 5. The number of nitrogens with two attached hydrogens (primary N) is 1. The molecule has 0 aliphatic carbocycles. The van der Waals surface area contributed by atoms with E-state index in [1.165, 1.54) is 12.1 Å². The summed E-state index contributed by atoms with van der Waals surface area (Å²) in [4.78, 5) is 11.8. The van der Waals surface area contributed by atoms with Crippen molar-refractivity contribution in [2.75, 3.05) is 5.32 Å². The lowest BCUT2D eigenvalue weighted by Gasteiger charge is -2.15. The van der Waals surface area contributed by atoms with Crippen molar-refractivity contribution < 1.29 is 22.7 Å². The predicted octanol–water partition coefficient (Wildman–Crippen LogP) is 3.66. The summed E-state index contributed by atoms with van der Waals surface area (Å²) in [6.07, 6.45) is -4.25. The summed E-state index contributed by atoms with van der Waals surface area (Å²) in [7, 11) is 0. The molecule has 0 spiro atoms. The van der Waals surface area contributed by atoms with Crippen LogP contribution in [0.25, 0.3) is 0 Å². The third kappa shape index (κ3) is 6.34. The lowest BCUT2D eigenvalue weighted by atomic mass is 10.0. The third-order valence-corrected chi connectivity index (χ3v) is 3.11. The molecule has 0 fully saturated rings. The second-order valence-corrected chi connectivity index (χ2v) is 5.77. The monoisotopic (exact) mass is 368 g/mol. The van der Waals surface area contributed by atoms with Crippen LogP contribution in [0.15, 0.2) is 22.7 Å². The van der Waals surface area contributed by atoms with Crippen molar-refractivity contribution in [3.63, 3.8) is 0 Å². The minimum atomic E-state index is -4.77. The number of nitrogens with one attached hydrogen (secondary N) is 1. The molecule has 8 heteroatoms. The van der Waals surface area contributed by atoms with Crippen molar-refractivity contribution in [3.8, 4) is 5.75 Å². The molecule has 1 amide bonds. The maximum atomic E-state index is 12.1. The standard InChI is InChI=1S/C13H16BrF3N2O2/c1-7(2)5-10(18)12(20)19-8-3-4-11(9(14)6-8)21-13(15,16)17/h3-4,6-7,10H,5,18H2,1-2H3,(H,19,20). The van der Waals surface area contributed by atoms with E-state index in [9.17, 15) is 18.0 Å². The van der Waals surface area contributed by atoms with Crippen LogP contribution in [-0.2, 0) is 4.79 Å². The van der Waals surface area contributed by atoms with E-state index >= 15 is 0 Å². The first kappa shape index (κ1) is 17.8. The fraction of sp³-hybridized carbons (Fsp3) is 0.462. The van der Waals surface area contributed by atoms with Gasteiger partial charge < -0.3 is 15.8 Å². The molecule has 0 saturated carbocycles. The van der Waals surface area contributed by atoms with E-state index in [1.807, 2.05) is 13.8 Å². The van der Waals surface area contributed by atoms with Gasteiger partial charge >= 0.3 is 6.36 Å². The zero-order chi connectivity index (χ0) is 16.2. The number of ether oxygens (including phenoxy) is 1. The van der Waals surface area contributed by atoms with E-state index in [0.717, 1.165) is 6.07 Å². The van der Waals surface area contributed by atoms with Gasteiger partial charge in [-0.2, -0.15) is 0 Å². The fourth-order valence-corrected chi connectivity index (χ4v) is 2.10. The summed E-state index contributed by atoms with van der Waals surface area (Å²) in [6.45, 7) is 3.87. The Bertz CT molecular complexity index is 507. The largest absolute Gasteiger partial charge is 0.573 e. The summed E-state index contributed by atoms with van der Waals surface area (Å²) in [5.74, 6) is -0.507. The molecule has 1 aromatic rings. The highest BCUT2D eigenvalue weighted by atomic mass is 79.9. The smallest absolute Gasteiger partial charge is 0.405 e. The third-order valence-electron chi connectivity index (χ3n) is 2.49. The number of carbonyl (C=O) groups is 1. The highest BCUT2D eigenvalue weighted by Crippen LogP contribution is 2.32. The molecule has 118 valence electrons. The average Bonchev–Trinajstić information content (AvgIpc) is 2.30. The molecule has 1 rings (SSSR count). The van der Waals surface area contributed by atoms with Gasteiger partial charge in [0.1, 0.15) is 5.75 Å². The molecule has 0 radical (unpaired) electrons. The highest BCUT2D eigenvalue weighted by Gasteiger charge is 2.32. The van der Waals surface area contributed by atoms with E-state index in [4.69, 9.17) is 5.73 Å². The van der Waals surface area contributed by atoms with Gasteiger partial charge in [0, 0.05) is 5.69 Å². The van der Waals surface area contributed by atoms with E-state index in [0.29, 0.717) is 12.1 Å². The Kier molecular flexibility index (Phi) is 6.03. The number of amides is 1. The Morgan fingerprint density at radius 3 is 2.52 bits per heavy atom. The van der Waals surface area contributed by atoms with Crippen LogP contribution in [0.1, 0.15) is 20.3 Å². The number of halogens is 4. The molecule has 21 heavy (non-hydrogen) atoms. The molecule has 1 atom stereocenters. The summed E-state index contributed by atoms with van der Waals surface area (Å²) in [5.41, 5.74) is 6.05. The minimum absolute atomic E-state index is 0.0788. The molecule has 0 aliphatic heterocycles. The van der Waals surface area contributed by atoms with Crippen molar-refractivity contribution in [3.05, 3.63) is 22.7 Å². The number of hydrogen-bond donors (Lipinski definition) is 2. The zero-order valence-electron chi connectivity index (χ0n) is 11.5. The molecule has 3 N–H and O–H groups in total. The van der Waals surface area contributed by atoms with Gasteiger partial charge in [-0.25, -0.2) is 0 Å². The van der Waals surface area contributed by atoms with Crippen molar-refractivity contribution in [2.24, 2.45) is 11.7 Å². The van der Waals surface area contributed by atoms with E-state index in [2.05, 4.69) is 26.0 Å². The lowest BCUT2D eigenvalue weighted by Crippen LogP contribution is -2.36. The van der Waals surface area contributed by atoms with Crippen molar-refractivity contribution in [1.82, 2.24) is 0 Å². The first-order chi connectivity index (χ1) is 9.58. The maximum absolute atomic E-state index is 12.1. The molecule has 0 aromatic heterocycles. The predicted molar refractivity (Wildman–Crippen MR) is 76.9 cm³/mol. The normalized spacial score (nSPS) is 13.1. The van der Waals surface area contributed by atoms with Crippen LogP contribution in [0.2, 0.25) is 0 Å². The molecule has 0 bridgehead atoms. The number of alkyl halides is 3. The highest BCUT2D eigenvalue weighted by molar-refractivity contribution is 9.10. The van der Waals surface area contributed by atoms with Gasteiger partial charge in [-0.15, -0.1) is 13.2 Å². The zero-order valence-corrected chi connectivity index (χ0v) is 13.1. The van der Waals surface area contributed by atoms with Gasteiger partial charge in [-0.05, 0) is 46.5 Å².